The van der Waals surface area contributed by atoms with E-state index in [1.807, 2.05) is 18.2 Å². The highest BCUT2D eigenvalue weighted by atomic mass is 35.5. The number of rotatable bonds is 2. The number of nitrogens with zero attached hydrogens (tertiary/aromatic N) is 1. The Morgan fingerprint density at radius 2 is 1.48 bits per heavy atom. The van der Waals surface area contributed by atoms with Gasteiger partial charge in [0.1, 0.15) is 0 Å². The van der Waals surface area contributed by atoms with Gasteiger partial charge < -0.3 is 0 Å². The van der Waals surface area contributed by atoms with E-state index in [2.05, 4.69) is 41.4 Å². The fraction of sp³-hybridized carbons (Fsp3) is 0.261. The van der Waals surface area contributed by atoms with E-state index in [0.717, 1.165) is 33.7 Å². The van der Waals surface area contributed by atoms with Crippen LogP contribution >= 0.6 is 11.6 Å². The zero-order chi connectivity index (χ0) is 16.8. The van der Waals surface area contributed by atoms with Gasteiger partial charge in [0.15, 0.2) is 0 Å². The molecule has 3 aromatic rings. The van der Waals surface area contributed by atoms with Crippen LogP contribution in [-0.4, -0.2) is 4.98 Å². The molecule has 0 unspecified atom stereocenters. The summed E-state index contributed by atoms with van der Waals surface area (Å²) < 4.78 is 0. The molecule has 25 heavy (non-hydrogen) atoms. The molecule has 3 aliphatic carbocycles. The van der Waals surface area contributed by atoms with Crippen LogP contribution < -0.4 is 0 Å². The second-order valence-electron chi connectivity index (χ2n) is 7.31. The van der Waals surface area contributed by atoms with Crippen LogP contribution in [0, 0.1) is 0 Å². The van der Waals surface area contributed by atoms with Gasteiger partial charge in [-0.2, -0.15) is 0 Å². The topological polar surface area (TPSA) is 12.9 Å². The molecule has 3 aliphatic rings. The van der Waals surface area contributed by atoms with Crippen molar-refractivity contribution in [3.63, 3.8) is 0 Å². The number of fused-ring (bicyclic) bond motifs is 2. The number of pyridine rings is 1. The molecule has 2 aromatic carbocycles. The summed E-state index contributed by atoms with van der Waals surface area (Å²) >= 11 is 6.52. The molecular weight excluding hydrogens is 326 g/mol. The van der Waals surface area contributed by atoms with Gasteiger partial charge in [-0.1, -0.05) is 60.1 Å². The molecular formula is C23H20ClN. The fourth-order valence-corrected chi connectivity index (χ4v) is 4.82. The maximum Gasteiger partial charge on any atom is 0.0709 e. The van der Waals surface area contributed by atoms with E-state index in [1.54, 1.807) is 17.3 Å². The van der Waals surface area contributed by atoms with E-state index >= 15 is 0 Å². The molecule has 0 amide bonds. The summed E-state index contributed by atoms with van der Waals surface area (Å²) in [6, 6.07) is 19.4. The van der Waals surface area contributed by atoms with E-state index in [-0.39, 0.29) is 0 Å². The van der Waals surface area contributed by atoms with E-state index in [4.69, 9.17) is 11.6 Å². The van der Waals surface area contributed by atoms with Crippen LogP contribution in [0.4, 0.5) is 0 Å². The van der Waals surface area contributed by atoms with Gasteiger partial charge in [0.05, 0.1) is 10.7 Å². The van der Waals surface area contributed by atoms with Gasteiger partial charge in [-0.25, -0.2) is 0 Å². The third-order valence-corrected chi connectivity index (χ3v) is 6.23. The molecule has 0 spiro atoms. The van der Waals surface area contributed by atoms with E-state index in [9.17, 15) is 0 Å². The Labute approximate surface area is 153 Å². The summed E-state index contributed by atoms with van der Waals surface area (Å²) in [4.78, 5) is 4.53. The first-order valence-corrected chi connectivity index (χ1v) is 9.52. The molecule has 1 nitrogen and oxygen atoms in total. The first-order valence-electron chi connectivity index (χ1n) is 9.15. The van der Waals surface area contributed by atoms with Crippen LogP contribution in [-0.2, 0) is 0 Å². The molecule has 0 aliphatic heterocycles. The van der Waals surface area contributed by atoms with Crippen LogP contribution in [0.2, 0.25) is 5.02 Å². The lowest BCUT2D eigenvalue weighted by molar-refractivity contribution is 0.359. The van der Waals surface area contributed by atoms with Crippen molar-refractivity contribution < 1.29 is 0 Å². The second-order valence-corrected chi connectivity index (χ2v) is 7.71. The lowest BCUT2D eigenvalue weighted by Crippen LogP contribution is -2.21. The highest BCUT2D eigenvalue weighted by molar-refractivity contribution is 6.33. The lowest BCUT2D eigenvalue weighted by Gasteiger charge is -2.38. The van der Waals surface area contributed by atoms with Crippen molar-refractivity contribution in [1.82, 2.24) is 4.98 Å². The molecule has 2 bridgehead atoms. The van der Waals surface area contributed by atoms with Gasteiger partial charge in [-0.05, 0) is 60.3 Å². The molecule has 6 rings (SSSR count). The minimum Gasteiger partial charge on any atom is -0.255 e. The highest BCUT2D eigenvalue weighted by Gasteiger charge is 2.32. The molecule has 1 heterocycles. The number of benzene rings is 2. The minimum atomic E-state index is 0.723. The molecule has 0 radical (unpaired) electrons. The van der Waals surface area contributed by atoms with Crippen molar-refractivity contribution in [2.24, 2.45) is 0 Å². The zero-order valence-corrected chi connectivity index (χ0v) is 14.8. The van der Waals surface area contributed by atoms with Crippen molar-refractivity contribution >= 4 is 11.6 Å². The summed E-state index contributed by atoms with van der Waals surface area (Å²) in [6.07, 6.45) is 7.21. The number of hydrogen-bond donors (Lipinski definition) is 0. The monoisotopic (exact) mass is 345 g/mol. The Bertz CT molecular complexity index is 924. The zero-order valence-electron chi connectivity index (χ0n) is 14.1. The number of halogens is 1. The van der Waals surface area contributed by atoms with Crippen LogP contribution in [0.3, 0.4) is 0 Å². The van der Waals surface area contributed by atoms with Crippen molar-refractivity contribution in [3.8, 4) is 22.4 Å². The first-order chi connectivity index (χ1) is 12.3. The van der Waals surface area contributed by atoms with Crippen molar-refractivity contribution in [1.29, 1.82) is 0 Å². The Kier molecular flexibility index (Phi) is 3.64. The fourth-order valence-electron chi connectivity index (χ4n) is 4.61. The highest BCUT2D eigenvalue weighted by Crippen LogP contribution is 2.50. The molecule has 1 saturated carbocycles. The summed E-state index contributed by atoms with van der Waals surface area (Å²) in [5.74, 6) is 1.52. The lowest BCUT2D eigenvalue weighted by atomic mass is 9.66. The van der Waals surface area contributed by atoms with Gasteiger partial charge >= 0.3 is 0 Å². The van der Waals surface area contributed by atoms with Crippen LogP contribution in [0.1, 0.15) is 48.6 Å². The predicted molar refractivity (Wildman–Crippen MR) is 104 cm³/mol. The number of aromatic nitrogens is 1. The molecule has 124 valence electrons. The Morgan fingerprint density at radius 3 is 2.24 bits per heavy atom. The second kappa shape index (κ2) is 6.00. The normalized spacial score (nSPS) is 21.2. The van der Waals surface area contributed by atoms with E-state index in [1.165, 1.54) is 31.2 Å². The van der Waals surface area contributed by atoms with Gasteiger partial charge in [0.2, 0.25) is 0 Å². The van der Waals surface area contributed by atoms with Crippen molar-refractivity contribution in [2.75, 3.05) is 0 Å². The summed E-state index contributed by atoms with van der Waals surface area (Å²) in [5.41, 5.74) is 7.54. The van der Waals surface area contributed by atoms with Crippen LogP contribution in [0.25, 0.3) is 22.4 Å². The first kappa shape index (κ1) is 15.2. The molecule has 1 fully saturated rings. The molecule has 0 atom stereocenters. The molecule has 0 N–H and O–H groups in total. The van der Waals surface area contributed by atoms with Crippen LogP contribution in [0.5, 0.6) is 0 Å². The maximum atomic E-state index is 6.52. The molecule has 2 heteroatoms. The summed E-state index contributed by atoms with van der Waals surface area (Å²) in [5, 5.41) is 0.723. The Morgan fingerprint density at radius 1 is 0.760 bits per heavy atom. The molecule has 1 aromatic heterocycles. The van der Waals surface area contributed by atoms with E-state index in [0.29, 0.717) is 0 Å². The van der Waals surface area contributed by atoms with Gasteiger partial charge in [0, 0.05) is 17.3 Å². The third-order valence-electron chi connectivity index (χ3n) is 5.93. The third kappa shape index (κ3) is 2.58. The average molecular weight is 346 g/mol. The van der Waals surface area contributed by atoms with Gasteiger partial charge in [-0.3, -0.25) is 4.98 Å². The average Bonchev–Trinajstić information content (AvgIpc) is 2.70. The van der Waals surface area contributed by atoms with E-state index < -0.39 is 0 Å². The SMILES string of the molecule is Clc1cnc(-c2ccccc2)cc1-c1ccc2c(c1)C1CCC2CC1. The van der Waals surface area contributed by atoms with Crippen LogP contribution in [0.15, 0.2) is 60.8 Å². The Hall–Kier alpha value is -2.12. The predicted octanol–water partition coefficient (Wildman–Crippen LogP) is 6.82. The Balaban J connectivity index is 1.61. The van der Waals surface area contributed by atoms with Gasteiger partial charge in [0.25, 0.3) is 0 Å². The number of hydrogen-bond acceptors (Lipinski definition) is 1. The molecule has 0 saturated heterocycles. The van der Waals surface area contributed by atoms with Gasteiger partial charge in [-0.15, -0.1) is 0 Å². The standard InChI is InChI=1S/C23H20ClN/c24-22-14-25-23(17-4-2-1-3-5-17)13-21(22)18-10-11-19-15-6-8-16(9-7-15)20(19)12-18/h1-5,10-16H,6-9H2. The minimum absolute atomic E-state index is 0.723. The van der Waals surface area contributed by atoms with Crippen molar-refractivity contribution in [3.05, 3.63) is 76.9 Å². The maximum absolute atomic E-state index is 6.52. The van der Waals surface area contributed by atoms with Crippen molar-refractivity contribution in [2.45, 2.75) is 37.5 Å². The smallest absolute Gasteiger partial charge is 0.0709 e. The quantitative estimate of drug-likeness (QED) is 0.496. The summed E-state index contributed by atoms with van der Waals surface area (Å²) in [7, 11) is 0. The largest absolute Gasteiger partial charge is 0.255 e. The summed E-state index contributed by atoms with van der Waals surface area (Å²) in [6.45, 7) is 0.